The molecule has 0 N–H and O–H groups in total. The van der Waals surface area contributed by atoms with E-state index in [1.807, 2.05) is 0 Å². The normalized spacial score (nSPS) is 12.6. The molecule has 0 unspecified atom stereocenters. The number of benzene rings is 6. The molecule has 0 spiro atoms. The Kier molecular flexibility index (Phi) is 12.1. The van der Waals surface area contributed by atoms with Crippen LogP contribution in [0, 0.1) is 0 Å². The van der Waals surface area contributed by atoms with Crippen LogP contribution >= 0.6 is 0 Å². The van der Waals surface area contributed by atoms with E-state index in [-0.39, 0.29) is 0 Å². The lowest BCUT2D eigenvalue weighted by molar-refractivity contribution is 1.28. The molecule has 0 radical (unpaired) electrons. The first-order valence-corrected chi connectivity index (χ1v) is 30.1. The fourth-order valence-corrected chi connectivity index (χ4v) is 10.1. The molecular weight excluding hydrogens is 711 g/mol. The number of nitrogens with zero attached hydrogens (tertiary/aromatic N) is 1. The van der Waals surface area contributed by atoms with Gasteiger partial charge in [-0.2, -0.15) is 0 Å². The second-order valence-electron chi connectivity index (χ2n) is 17.7. The van der Waals surface area contributed by atoms with Crippen molar-refractivity contribution < 1.29 is 0 Å². The Morgan fingerprint density at radius 3 is 0.764 bits per heavy atom. The van der Waals surface area contributed by atoms with Gasteiger partial charge in [0.15, 0.2) is 0 Å². The maximum atomic E-state index is 2.40. The second kappa shape index (κ2) is 16.8. The summed E-state index contributed by atoms with van der Waals surface area (Å²) in [5.74, 6) is 0. The molecule has 0 saturated heterocycles. The summed E-state index contributed by atoms with van der Waals surface area (Å²) in [6.45, 7) is 21.6. The van der Waals surface area contributed by atoms with Crippen LogP contribution in [-0.2, 0) is 0 Å². The van der Waals surface area contributed by atoms with Crippen LogP contribution < -0.4 is 20.5 Å². The smallest absolute Gasteiger partial charge is 0.0776 e. The van der Waals surface area contributed by atoms with Crippen molar-refractivity contribution in [3.8, 4) is 0 Å². The fraction of sp³-hybridized carbons (Fsp3) is 0.176. The van der Waals surface area contributed by atoms with E-state index in [1.54, 1.807) is 0 Å². The molecule has 55 heavy (non-hydrogen) atoms. The standard InChI is InChI=1S/C51H57NSi3/c1-53(2,3)49-16-10-13-43(37-49)22-19-40-25-31-46(32-26-40)52(47-33-27-41(28-34-47)20-23-44-14-11-17-50(38-44)54(4,5)6)48-35-29-42(30-36-48)21-24-45-15-12-18-51(39-45)55(7,8)9/h10-39H,1-9H3. The Labute approximate surface area is 334 Å². The lowest BCUT2D eigenvalue weighted by atomic mass is 10.1. The van der Waals surface area contributed by atoms with Crippen molar-refractivity contribution in [3.05, 3.63) is 179 Å². The molecule has 278 valence electrons. The summed E-state index contributed by atoms with van der Waals surface area (Å²) in [6.07, 6.45) is 13.4. The van der Waals surface area contributed by atoms with Crippen LogP contribution in [0.15, 0.2) is 146 Å². The predicted octanol–water partition coefficient (Wildman–Crippen LogP) is 13.3. The van der Waals surface area contributed by atoms with Crippen LogP contribution in [0.25, 0.3) is 36.5 Å². The third-order valence-corrected chi connectivity index (χ3v) is 16.2. The van der Waals surface area contributed by atoms with Gasteiger partial charge < -0.3 is 4.90 Å². The Bertz CT molecular complexity index is 2030. The highest BCUT2D eigenvalue weighted by atomic mass is 28.3. The van der Waals surface area contributed by atoms with Crippen molar-refractivity contribution in [2.75, 3.05) is 4.90 Å². The lowest BCUT2D eigenvalue weighted by Gasteiger charge is -2.26. The molecule has 0 saturated carbocycles. The van der Waals surface area contributed by atoms with E-state index in [4.69, 9.17) is 0 Å². The molecule has 0 amide bonds. The summed E-state index contributed by atoms with van der Waals surface area (Å²) < 4.78 is 0. The van der Waals surface area contributed by atoms with Gasteiger partial charge in [0.1, 0.15) is 0 Å². The average molecular weight is 768 g/mol. The molecular formula is C51H57NSi3. The molecule has 0 fully saturated rings. The average Bonchev–Trinajstić information content (AvgIpc) is 3.16. The van der Waals surface area contributed by atoms with Crippen LogP contribution in [0.1, 0.15) is 33.4 Å². The van der Waals surface area contributed by atoms with Gasteiger partial charge in [0, 0.05) is 17.1 Å². The zero-order chi connectivity index (χ0) is 39.2. The molecule has 0 aliphatic heterocycles. The zero-order valence-electron chi connectivity index (χ0n) is 34.3. The van der Waals surface area contributed by atoms with E-state index < -0.39 is 24.2 Å². The van der Waals surface area contributed by atoms with Gasteiger partial charge in [-0.25, -0.2) is 0 Å². The number of hydrogen-bond donors (Lipinski definition) is 0. The van der Waals surface area contributed by atoms with E-state index in [1.165, 1.54) is 48.9 Å². The molecule has 0 bridgehead atoms. The van der Waals surface area contributed by atoms with Crippen molar-refractivity contribution in [2.45, 2.75) is 58.9 Å². The van der Waals surface area contributed by atoms with Crippen molar-refractivity contribution in [1.29, 1.82) is 0 Å². The fourth-order valence-electron chi connectivity index (χ4n) is 6.55. The molecule has 6 rings (SSSR count). The Hall–Kier alpha value is -5.01. The lowest BCUT2D eigenvalue weighted by Crippen LogP contribution is -2.37. The van der Waals surface area contributed by atoms with Crippen LogP contribution in [-0.4, -0.2) is 24.2 Å². The summed E-state index contributed by atoms with van der Waals surface area (Å²) in [7, 11) is -4.10. The summed E-state index contributed by atoms with van der Waals surface area (Å²) >= 11 is 0. The quantitative estimate of drug-likeness (QED) is 0.0885. The van der Waals surface area contributed by atoms with Crippen LogP contribution in [0.3, 0.4) is 0 Å². The molecule has 0 aliphatic rings. The SMILES string of the molecule is C[Si](C)(C)c1cccc(C=Cc2ccc(N(c3ccc(C=Cc4cccc([Si](C)(C)C)c4)cc3)c3ccc(C=Cc4cccc([Si](C)(C)C)c4)cc3)cc2)c1. The van der Waals surface area contributed by atoms with Crippen LogP contribution in [0.2, 0.25) is 58.9 Å². The van der Waals surface area contributed by atoms with Gasteiger partial charge in [-0.1, -0.05) is 220 Å². The minimum Gasteiger partial charge on any atom is -0.311 e. The predicted molar refractivity (Wildman–Crippen MR) is 256 cm³/mol. The summed E-state index contributed by atoms with van der Waals surface area (Å²) in [6, 6.07) is 53.8. The van der Waals surface area contributed by atoms with Crippen molar-refractivity contribution in [3.63, 3.8) is 0 Å². The highest BCUT2D eigenvalue weighted by molar-refractivity contribution is 6.89. The van der Waals surface area contributed by atoms with E-state index in [0.717, 1.165) is 17.1 Å². The van der Waals surface area contributed by atoms with E-state index in [0.29, 0.717) is 0 Å². The minimum absolute atomic E-state index is 1.12. The Morgan fingerprint density at radius 2 is 0.527 bits per heavy atom. The Morgan fingerprint density at radius 1 is 0.291 bits per heavy atom. The summed E-state index contributed by atoms with van der Waals surface area (Å²) in [4.78, 5) is 2.35. The molecule has 0 atom stereocenters. The van der Waals surface area contributed by atoms with Gasteiger partial charge in [0.25, 0.3) is 0 Å². The van der Waals surface area contributed by atoms with E-state index >= 15 is 0 Å². The van der Waals surface area contributed by atoms with Crippen molar-refractivity contribution in [2.24, 2.45) is 0 Å². The number of hydrogen-bond acceptors (Lipinski definition) is 1. The first-order valence-electron chi connectivity index (χ1n) is 19.6. The highest BCUT2D eigenvalue weighted by Crippen LogP contribution is 2.35. The van der Waals surface area contributed by atoms with Gasteiger partial charge >= 0.3 is 0 Å². The van der Waals surface area contributed by atoms with Gasteiger partial charge in [0.05, 0.1) is 24.2 Å². The maximum absolute atomic E-state index is 2.40. The topological polar surface area (TPSA) is 3.24 Å². The first kappa shape index (κ1) is 39.7. The molecule has 0 aromatic heterocycles. The van der Waals surface area contributed by atoms with Crippen LogP contribution in [0.4, 0.5) is 17.1 Å². The van der Waals surface area contributed by atoms with Crippen LogP contribution in [0.5, 0.6) is 0 Å². The van der Waals surface area contributed by atoms with Gasteiger partial charge in [-0.05, 0) is 69.8 Å². The molecule has 0 heterocycles. The monoisotopic (exact) mass is 767 g/mol. The highest BCUT2D eigenvalue weighted by Gasteiger charge is 2.18. The van der Waals surface area contributed by atoms with Gasteiger partial charge in [-0.15, -0.1) is 0 Å². The third-order valence-electron chi connectivity index (χ3n) is 10.1. The van der Waals surface area contributed by atoms with E-state index in [2.05, 4.69) is 246 Å². The molecule has 1 nitrogen and oxygen atoms in total. The number of rotatable bonds is 12. The largest absolute Gasteiger partial charge is 0.311 e. The minimum atomic E-state index is -1.37. The van der Waals surface area contributed by atoms with Crippen molar-refractivity contribution in [1.82, 2.24) is 0 Å². The third kappa shape index (κ3) is 10.8. The maximum Gasteiger partial charge on any atom is 0.0776 e. The summed E-state index contributed by atoms with van der Waals surface area (Å²) in [5, 5.41) is 4.45. The summed E-state index contributed by atoms with van der Waals surface area (Å²) in [5.41, 5.74) is 10.7. The second-order valence-corrected chi connectivity index (χ2v) is 33.0. The first-order chi connectivity index (χ1) is 26.1. The van der Waals surface area contributed by atoms with E-state index in [9.17, 15) is 0 Å². The molecule has 6 aromatic rings. The van der Waals surface area contributed by atoms with Crippen molar-refractivity contribution >= 4 is 93.3 Å². The Balaban J connectivity index is 1.27. The molecule has 0 aliphatic carbocycles. The molecule has 6 aromatic carbocycles. The number of anilines is 3. The zero-order valence-corrected chi connectivity index (χ0v) is 37.3. The molecule has 4 heteroatoms. The van der Waals surface area contributed by atoms with Gasteiger partial charge in [0.2, 0.25) is 0 Å². The van der Waals surface area contributed by atoms with Gasteiger partial charge in [-0.3, -0.25) is 0 Å².